The predicted octanol–water partition coefficient (Wildman–Crippen LogP) is 2.31. The third-order valence-corrected chi connectivity index (χ3v) is 4.10. The fourth-order valence-corrected chi connectivity index (χ4v) is 3.16. The van der Waals surface area contributed by atoms with Gasteiger partial charge in [-0.2, -0.15) is 0 Å². The Hall–Kier alpha value is -0.850. The highest BCUT2D eigenvalue weighted by molar-refractivity contribution is 7.11. The van der Waals surface area contributed by atoms with E-state index in [2.05, 4.69) is 23.1 Å². The summed E-state index contributed by atoms with van der Waals surface area (Å²) < 4.78 is 0. The molecule has 15 heavy (non-hydrogen) atoms. The van der Waals surface area contributed by atoms with Crippen LogP contribution in [0.2, 0.25) is 0 Å². The molecule has 1 aromatic rings. The van der Waals surface area contributed by atoms with Crippen molar-refractivity contribution in [3.63, 3.8) is 0 Å². The van der Waals surface area contributed by atoms with Gasteiger partial charge in [-0.1, -0.05) is 12.8 Å². The molecule has 0 fully saturated rings. The molecule has 80 valence electrons. The molecular formula is C12H16N2S. The van der Waals surface area contributed by atoms with E-state index in [9.17, 15) is 0 Å². The first kappa shape index (κ1) is 10.7. The van der Waals surface area contributed by atoms with Crippen molar-refractivity contribution < 1.29 is 0 Å². The monoisotopic (exact) mass is 220 g/mol. The zero-order valence-corrected chi connectivity index (χ0v) is 9.86. The van der Waals surface area contributed by atoms with Gasteiger partial charge in [0.2, 0.25) is 0 Å². The second kappa shape index (κ2) is 4.78. The Kier molecular flexibility index (Phi) is 3.40. The summed E-state index contributed by atoms with van der Waals surface area (Å²) in [5, 5.41) is 4.66. The van der Waals surface area contributed by atoms with Gasteiger partial charge >= 0.3 is 0 Å². The number of terminal acetylenes is 1. The van der Waals surface area contributed by atoms with Crippen molar-refractivity contribution in [2.24, 2.45) is 0 Å². The Morgan fingerprint density at radius 1 is 1.67 bits per heavy atom. The topological polar surface area (TPSA) is 24.9 Å². The number of rotatable bonds is 3. The van der Waals surface area contributed by atoms with Gasteiger partial charge in [0.1, 0.15) is 0 Å². The molecule has 1 heterocycles. The van der Waals surface area contributed by atoms with E-state index in [-0.39, 0.29) is 0 Å². The molecule has 2 rings (SSSR count). The van der Waals surface area contributed by atoms with Crippen LogP contribution in [0, 0.1) is 12.3 Å². The lowest BCUT2D eigenvalue weighted by atomic mass is 9.98. The smallest absolute Gasteiger partial charge is 0.0928 e. The Balaban J connectivity index is 2.18. The number of thiazole rings is 1. The van der Waals surface area contributed by atoms with Crippen LogP contribution >= 0.6 is 11.3 Å². The Bertz CT molecular complexity index is 375. The van der Waals surface area contributed by atoms with Crippen molar-refractivity contribution in [2.75, 3.05) is 6.54 Å². The van der Waals surface area contributed by atoms with E-state index in [0.717, 1.165) is 12.8 Å². The fraction of sp³-hybridized carbons (Fsp3) is 0.583. The minimum absolute atomic E-state index is 0.447. The van der Waals surface area contributed by atoms with Crippen LogP contribution in [0.3, 0.4) is 0 Å². The first-order chi connectivity index (χ1) is 7.35. The highest BCUT2D eigenvalue weighted by Crippen LogP contribution is 2.34. The van der Waals surface area contributed by atoms with Crippen molar-refractivity contribution in [3.05, 3.63) is 15.6 Å². The van der Waals surface area contributed by atoms with Crippen molar-refractivity contribution in [2.45, 2.75) is 38.6 Å². The third-order valence-electron chi connectivity index (χ3n) is 2.75. The van der Waals surface area contributed by atoms with Gasteiger partial charge in [-0.05, 0) is 25.7 Å². The van der Waals surface area contributed by atoms with Crippen molar-refractivity contribution >= 4 is 11.3 Å². The molecule has 0 bridgehead atoms. The van der Waals surface area contributed by atoms with Gasteiger partial charge in [0.15, 0.2) is 0 Å². The van der Waals surface area contributed by atoms with Crippen molar-refractivity contribution in [1.82, 2.24) is 10.3 Å². The van der Waals surface area contributed by atoms with Gasteiger partial charge < -0.3 is 0 Å². The molecule has 0 aliphatic heterocycles. The maximum Gasteiger partial charge on any atom is 0.0928 e. The standard InChI is InChI=1S/C12H16N2S/c1-3-8-13-9-6-5-7-10-12(9)15-11(4-2)14-10/h1,9,13H,4-8H2,2H3. The first-order valence-electron chi connectivity index (χ1n) is 5.50. The zero-order valence-electron chi connectivity index (χ0n) is 9.05. The lowest BCUT2D eigenvalue weighted by Gasteiger charge is -2.21. The quantitative estimate of drug-likeness (QED) is 0.791. The Morgan fingerprint density at radius 3 is 3.27 bits per heavy atom. The van der Waals surface area contributed by atoms with Crippen LogP contribution in [-0.2, 0) is 12.8 Å². The van der Waals surface area contributed by atoms with E-state index in [0.29, 0.717) is 12.6 Å². The molecule has 0 saturated carbocycles. The molecular weight excluding hydrogens is 204 g/mol. The third kappa shape index (κ3) is 2.22. The highest BCUT2D eigenvalue weighted by atomic mass is 32.1. The number of hydrogen-bond acceptors (Lipinski definition) is 3. The molecule has 1 aliphatic rings. The van der Waals surface area contributed by atoms with Crippen LogP contribution in [0.4, 0.5) is 0 Å². The number of hydrogen-bond donors (Lipinski definition) is 1. The molecule has 0 spiro atoms. The normalized spacial score (nSPS) is 19.6. The molecule has 1 atom stereocenters. The van der Waals surface area contributed by atoms with Gasteiger partial charge in [0, 0.05) is 10.9 Å². The molecule has 1 aliphatic carbocycles. The van der Waals surface area contributed by atoms with Crippen LogP contribution in [0.15, 0.2) is 0 Å². The minimum Gasteiger partial charge on any atom is -0.298 e. The number of nitrogens with one attached hydrogen (secondary N) is 1. The summed E-state index contributed by atoms with van der Waals surface area (Å²) in [5.41, 5.74) is 1.30. The van der Waals surface area contributed by atoms with Gasteiger partial charge in [0.05, 0.1) is 17.2 Å². The molecule has 0 radical (unpaired) electrons. The number of fused-ring (bicyclic) bond motifs is 1. The molecule has 3 heteroatoms. The Labute approximate surface area is 95.1 Å². The maximum atomic E-state index is 5.27. The molecule has 1 unspecified atom stereocenters. The summed E-state index contributed by atoms with van der Waals surface area (Å²) >= 11 is 1.85. The average molecular weight is 220 g/mol. The van der Waals surface area contributed by atoms with Gasteiger partial charge in [-0.25, -0.2) is 4.98 Å². The Morgan fingerprint density at radius 2 is 2.53 bits per heavy atom. The van der Waals surface area contributed by atoms with E-state index in [4.69, 9.17) is 6.42 Å². The molecule has 0 amide bonds. The summed E-state index contributed by atoms with van der Waals surface area (Å²) in [7, 11) is 0. The lowest BCUT2D eigenvalue weighted by molar-refractivity contribution is 0.487. The van der Waals surface area contributed by atoms with E-state index in [1.807, 2.05) is 11.3 Å². The van der Waals surface area contributed by atoms with Gasteiger partial charge in [-0.3, -0.25) is 5.32 Å². The predicted molar refractivity (Wildman–Crippen MR) is 64.0 cm³/mol. The van der Waals surface area contributed by atoms with Crippen LogP contribution < -0.4 is 5.32 Å². The van der Waals surface area contributed by atoms with Crippen LogP contribution in [0.5, 0.6) is 0 Å². The molecule has 1 N–H and O–H groups in total. The first-order valence-corrected chi connectivity index (χ1v) is 6.32. The van der Waals surface area contributed by atoms with Crippen LogP contribution in [0.1, 0.15) is 41.4 Å². The lowest BCUT2D eigenvalue weighted by Crippen LogP contribution is -2.24. The van der Waals surface area contributed by atoms with E-state index < -0.39 is 0 Å². The van der Waals surface area contributed by atoms with Gasteiger partial charge in [-0.15, -0.1) is 17.8 Å². The van der Waals surface area contributed by atoms with E-state index in [1.54, 1.807) is 0 Å². The number of aromatic nitrogens is 1. The van der Waals surface area contributed by atoms with Crippen LogP contribution in [0.25, 0.3) is 0 Å². The summed E-state index contributed by atoms with van der Waals surface area (Å²) in [6.45, 7) is 2.82. The van der Waals surface area contributed by atoms with Crippen molar-refractivity contribution in [3.8, 4) is 12.3 Å². The second-order valence-electron chi connectivity index (χ2n) is 3.80. The zero-order chi connectivity index (χ0) is 10.7. The highest BCUT2D eigenvalue weighted by Gasteiger charge is 2.23. The largest absolute Gasteiger partial charge is 0.298 e. The summed E-state index contributed by atoms with van der Waals surface area (Å²) in [4.78, 5) is 6.08. The van der Waals surface area contributed by atoms with Gasteiger partial charge in [0.25, 0.3) is 0 Å². The summed E-state index contributed by atoms with van der Waals surface area (Å²) in [6, 6.07) is 0.447. The molecule has 2 nitrogen and oxygen atoms in total. The summed E-state index contributed by atoms with van der Waals surface area (Å²) in [5.74, 6) is 2.64. The molecule has 1 aromatic heterocycles. The van der Waals surface area contributed by atoms with E-state index >= 15 is 0 Å². The minimum atomic E-state index is 0.447. The molecule has 0 saturated heterocycles. The SMILES string of the molecule is C#CCNC1CCCc2nc(CC)sc21. The van der Waals surface area contributed by atoms with E-state index in [1.165, 1.54) is 28.4 Å². The average Bonchev–Trinajstić information content (AvgIpc) is 2.69. The maximum absolute atomic E-state index is 5.27. The second-order valence-corrected chi connectivity index (χ2v) is 4.92. The van der Waals surface area contributed by atoms with Crippen LogP contribution in [-0.4, -0.2) is 11.5 Å². The number of aryl methyl sites for hydroxylation is 2. The summed E-state index contributed by atoms with van der Waals surface area (Å²) in [6.07, 6.45) is 9.87. The number of nitrogens with zero attached hydrogens (tertiary/aromatic N) is 1. The fourth-order valence-electron chi connectivity index (χ4n) is 2.00. The molecule has 0 aromatic carbocycles. The van der Waals surface area contributed by atoms with Crippen molar-refractivity contribution in [1.29, 1.82) is 0 Å².